The van der Waals surface area contributed by atoms with Gasteiger partial charge in [0, 0.05) is 11.3 Å². The minimum Gasteiger partial charge on any atom is -0.495 e. The summed E-state index contributed by atoms with van der Waals surface area (Å²) in [5.41, 5.74) is 2.07. The molecular formula is C21H21N3O5S. The Morgan fingerprint density at radius 2 is 1.80 bits per heavy atom. The number of carboxylic acids is 1. The van der Waals surface area contributed by atoms with Crippen LogP contribution in [-0.4, -0.2) is 35.8 Å². The van der Waals surface area contributed by atoms with Crippen molar-refractivity contribution in [2.24, 2.45) is 0 Å². The second-order valence-electron chi connectivity index (χ2n) is 6.44. The first-order valence-electron chi connectivity index (χ1n) is 9.07. The monoisotopic (exact) mass is 427 g/mol. The van der Waals surface area contributed by atoms with Crippen molar-refractivity contribution in [3.05, 3.63) is 65.4 Å². The Hall–Kier alpha value is -3.59. The van der Waals surface area contributed by atoms with E-state index in [1.165, 1.54) is 7.11 Å². The van der Waals surface area contributed by atoms with Crippen LogP contribution in [0, 0.1) is 0 Å². The smallest absolute Gasteiger partial charge is 0.341 e. The number of amides is 1. The maximum Gasteiger partial charge on any atom is 0.341 e. The highest BCUT2D eigenvalue weighted by Gasteiger charge is 2.32. The van der Waals surface area contributed by atoms with Gasteiger partial charge in [-0.15, -0.1) is 0 Å². The molecule has 3 rings (SSSR count). The second kappa shape index (κ2) is 9.27. The Balaban J connectivity index is 1.98. The maximum atomic E-state index is 13.2. The van der Waals surface area contributed by atoms with Gasteiger partial charge in [-0.2, -0.15) is 0 Å². The van der Waals surface area contributed by atoms with Gasteiger partial charge in [0.25, 0.3) is 5.91 Å². The molecule has 2 aromatic carbocycles. The fourth-order valence-corrected chi connectivity index (χ4v) is 3.43. The average Bonchev–Trinajstić information content (AvgIpc) is 2.72. The van der Waals surface area contributed by atoms with Crippen LogP contribution in [0.25, 0.3) is 0 Å². The van der Waals surface area contributed by atoms with E-state index in [0.29, 0.717) is 39.1 Å². The minimum atomic E-state index is -1.10. The zero-order chi connectivity index (χ0) is 21.7. The van der Waals surface area contributed by atoms with Crippen LogP contribution in [0.3, 0.4) is 0 Å². The van der Waals surface area contributed by atoms with Crippen LogP contribution in [-0.2, 0) is 9.59 Å². The summed E-state index contributed by atoms with van der Waals surface area (Å²) in [6.07, 6.45) is 0. The number of aliphatic carboxylic acids is 1. The molecule has 8 nitrogen and oxygen atoms in total. The van der Waals surface area contributed by atoms with Crippen LogP contribution in [0.4, 0.5) is 5.69 Å². The molecule has 1 amide bonds. The first kappa shape index (κ1) is 21.1. The van der Waals surface area contributed by atoms with Gasteiger partial charge in [-0.05, 0) is 37.3 Å². The van der Waals surface area contributed by atoms with Gasteiger partial charge in [0.1, 0.15) is 11.5 Å². The summed E-state index contributed by atoms with van der Waals surface area (Å²) < 4.78 is 10.7. The molecule has 0 radical (unpaired) electrons. The van der Waals surface area contributed by atoms with Gasteiger partial charge in [0.2, 0.25) is 0 Å². The topological polar surface area (TPSA) is 109 Å². The van der Waals surface area contributed by atoms with Crippen molar-refractivity contribution in [1.29, 1.82) is 0 Å². The van der Waals surface area contributed by atoms with Crippen molar-refractivity contribution in [2.45, 2.75) is 13.0 Å². The highest BCUT2D eigenvalue weighted by molar-refractivity contribution is 7.80. The molecular weight excluding hydrogens is 406 g/mol. The number of benzene rings is 2. The van der Waals surface area contributed by atoms with Crippen LogP contribution in [0.15, 0.2) is 59.8 Å². The Kier molecular flexibility index (Phi) is 6.53. The lowest BCUT2D eigenvalue weighted by molar-refractivity contribution is -0.139. The fourth-order valence-electron chi connectivity index (χ4n) is 3.16. The number of methoxy groups -OCH3 is 1. The lowest BCUT2D eigenvalue weighted by Crippen LogP contribution is -2.45. The molecule has 0 bridgehead atoms. The van der Waals surface area contributed by atoms with E-state index in [9.17, 15) is 9.59 Å². The molecule has 0 saturated heterocycles. The third kappa shape index (κ3) is 4.69. The number of hydrogen-bond acceptors (Lipinski definition) is 5. The predicted octanol–water partition coefficient (Wildman–Crippen LogP) is 2.59. The molecule has 30 heavy (non-hydrogen) atoms. The summed E-state index contributed by atoms with van der Waals surface area (Å²) in [5, 5.41) is 18.2. The predicted molar refractivity (Wildman–Crippen MR) is 116 cm³/mol. The number of carbonyl (C=O) groups is 2. The molecule has 1 heterocycles. The molecule has 1 aliphatic heterocycles. The molecule has 1 atom stereocenters. The summed E-state index contributed by atoms with van der Waals surface area (Å²) >= 11 is 5.28. The molecule has 0 spiro atoms. The Bertz CT molecular complexity index is 1020. The third-order valence-corrected chi connectivity index (χ3v) is 4.67. The largest absolute Gasteiger partial charge is 0.495 e. The summed E-state index contributed by atoms with van der Waals surface area (Å²) in [4.78, 5) is 24.2. The van der Waals surface area contributed by atoms with Crippen LogP contribution < -0.4 is 25.4 Å². The average molecular weight is 427 g/mol. The third-order valence-electron chi connectivity index (χ3n) is 4.45. The molecule has 9 heteroatoms. The van der Waals surface area contributed by atoms with Crippen LogP contribution >= 0.6 is 12.2 Å². The van der Waals surface area contributed by atoms with Crippen molar-refractivity contribution in [3.8, 4) is 11.5 Å². The summed E-state index contributed by atoms with van der Waals surface area (Å²) in [6, 6.07) is 13.3. The second-order valence-corrected chi connectivity index (χ2v) is 6.85. The minimum absolute atomic E-state index is 0.345. The van der Waals surface area contributed by atoms with E-state index >= 15 is 0 Å². The van der Waals surface area contributed by atoms with E-state index in [-0.39, 0.29) is 5.91 Å². The van der Waals surface area contributed by atoms with Crippen LogP contribution in [0.2, 0.25) is 0 Å². The molecule has 4 N–H and O–H groups in total. The number of anilines is 1. The number of carbonyl (C=O) groups excluding carboxylic acids is 1. The van der Waals surface area contributed by atoms with Gasteiger partial charge in [-0.1, -0.05) is 30.3 Å². The first-order valence-corrected chi connectivity index (χ1v) is 9.47. The first-order chi connectivity index (χ1) is 14.4. The molecule has 1 unspecified atom stereocenters. The number of carboxylic acid groups (broad SMARTS) is 1. The lowest BCUT2D eigenvalue weighted by Gasteiger charge is -2.31. The number of nitrogens with one attached hydrogen (secondary N) is 3. The van der Waals surface area contributed by atoms with Gasteiger partial charge in [0.05, 0.1) is 24.4 Å². The number of hydrogen-bond donors (Lipinski definition) is 4. The lowest BCUT2D eigenvalue weighted by atomic mass is 9.94. The van der Waals surface area contributed by atoms with Gasteiger partial charge in [0.15, 0.2) is 11.7 Å². The van der Waals surface area contributed by atoms with Crippen molar-refractivity contribution >= 4 is 34.9 Å². The van der Waals surface area contributed by atoms with E-state index in [1.807, 2.05) is 0 Å². The van der Waals surface area contributed by atoms with Crippen LogP contribution in [0.1, 0.15) is 18.5 Å². The summed E-state index contributed by atoms with van der Waals surface area (Å²) in [7, 11) is 1.52. The van der Waals surface area contributed by atoms with Crippen molar-refractivity contribution in [2.75, 3.05) is 19.0 Å². The fraction of sp³-hybridized carbons (Fsp3) is 0.190. The maximum absolute atomic E-state index is 13.2. The molecule has 156 valence electrons. The van der Waals surface area contributed by atoms with E-state index in [0.717, 1.165) is 0 Å². The van der Waals surface area contributed by atoms with Gasteiger partial charge < -0.3 is 30.5 Å². The zero-order valence-electron chi connectivity index (χ0n) is 16.4. The van der Waals surface area contributed by atoms with E-state index in [4.69, 9.17) is 26.8 Å². The van der Waals surface area contributed by atoms with E-state index < -0.39 is 18.6 Å². The molecule has 0 fully saturated rings. The molecule has 0 aromatic heterocycles. The number of rotatable bonds is 7. The quantitative estimate of drug-likeness (QED) is 0.500. The highest BCUT2D eigenvalue weighted by Crippen LogP contribution is 2.34. The van der Waals surface area contributed by atoms with Gasteiger partial charge in [-0.3, -0.25) is 4.79 Å². The molecule has 1 aliphatic rings. The Morgan fingerprint density at radius 1 is 1.13 bits per heavy atom. The Morgan fingerprint density at radius 3 is 2.50 bits per heavy atom. The van der Waals surface area contributed by atoms with Crippen molar-refractivity contribution < 1.29 is 24.2 Å². The standard InChI is InChI=1S/C21H21N3O5S/c1-12-18(20(27)23-14-8-4-6-10-16(14)28-2)19(24-21(30)22-12)13-7-3-5-9-15(13)29-11-17(25)26/h3-10,19H,11H2,1-2H3,(H,23,27)(H,25,26)(H2,22,24,30). The number of ether oxygens (including phenoxy) is 2. The number of para-hydroxylation sites is 3. The highest BCUT2D eigenvalue weighted by atomic mass is 32.1. The van der Waals surface area contributed by atoms with Gasteiger partial charge >= 0.3 is 5.97 Å². The normalized spacial score (nSPS) is 15.7. The summed E-state index contributed by atoms with van der Waals surface area (Å²) in [5.74, 6) is -0.590. The number of allylic oxidation sites excluding steroid dienone is 1. The van der Waals surface area contributed by atoms with Gasteiger partial charge in [-0.25, -0.2) is 4.79 Å². The van der Waals surface area contributed by atoms with E-state index in [1.54, 1.807) is 55.5 Å². The molecule has 0 saturated carbocycles. The molecule has 0 aliphatic carbocycles. The van der Waals surface area contributed by atoms with Crippen molar-refractivity contribution in [1.82, 2.24) is 10.6 Å². The number of thiocarbonyl (C=S) groups is 1. The van der Waals surface area contributed by atoms with E-state index in [2.05, 4.69) is 16.0 Å². The molecule has 2 aromatic rings. The Labute approximate surface area is 178 Å². The van der Waals surface area contributed by atoms with Crippen molar-refractivity contribution in [3.63, 3.8) is 0 Å². The zero-order valence-corrected chi connectivity index (χ0v) is 17.2. The summed E-state index contributed by atoms with van der Waals surface area (Å²) in [6.45, 7) is 1.25. The SMILES string of the molecule is COc1ccccc1NC(=O)C1=C(C)NC(=S)NC1c1ccccc1OCC(=O)O. The van der Waals surface area contributed by atoms with Crippen LogP contribution in [0.5, 0.6) is 11.5 Å².